The Morgan fingerprint density at radius 1 is 1.44 bits per heavy atom. The van der Waals surface area contributed by atoms with E-state index < -0.39 is 29.3 Å². The monoisotopic (exact) mass is 303 g/mol. The molecule has 8 heteroatoms. The minimum Gasteiger partial charge on any atom is -0.468 e. The van der Waals surface area contributed by atoms with Crippen molar-refractivity contribution in [2.45, 2.75) is 12.2 Å². The number of esters is 1. The topological polar surface area (TPSA) is 52.3 Å². The van der Waals surface area contributed by atoms with Crippen LogP contribution in [0.1, 0.15) is 17.2 Å². The Morgan fingerprint density at radius 2 is 2.00 bits per heavy atom. The molecule has 0 radical (unpaired) electrons. The first-order valence-electron chi connectivity index (χ1n) is 4.48. The lowest BCUT2D eigenvalue weighted by Gasteiger charge is -2.17. The van der Waals surface area contributed by atoms with Crippen molar-refractivity contribution in [3.63, 3.8) is 0 Å². The fourth-order valence-electron chi connectivity index (χ4n) is 1.35. The van der Waals surface area contributed by atoms with Crippen molar-refractivity contribution in [1.29, 1.82) is 0 Å². The lowest BCUT2D eigenvalue weighted by Crippen LogP contribution is -2.26. The molecule has 0 aliphatic carbocycles. The molecule has 1 rings (SSSR count). The number of nitrogens with two attached hydrogens (primary N) is 1. The molecule has 0 aliphatic heterocycles. The van der Waals surface area contributed by atoms with Crippen LogP contribution >= 0.6 is 24.0 Å². The minimum atomic E-state index is -4.63. The summed E-state index contributed by atoms with van der Waals surface area (Å²) in [4.78, 5) is 11.2. The van der Waals surface area contributed by atoms with Crippen LogP contribution in [0.5, 0.6) is 0 Å². The zero-order valence-corrected chi connectivity index (χ0v) is 10.7. The summed E-state index contributed by atoms with van der Waals surface area (Å²) in [6.45, 7) is 0. The molecular weight excluding hydrogens is 294 g/mol. The maximum Gasteiger partial charge on any atom is 0.416 e. The molecule has 0 aliphatic rings. The molecule has 1 aromatic carbocycles. The van der Waals surface area contributed by atoms with Gasteiger partial charge in [-0.2, -0.15) is 13.2 Å². The summed E-state index contributed by atoms with van der Waals surface area (Å²) in [5, 5.41) is -0.224. The Morgan fingerprint density at radius 3 is 2.44 bits per heavy atom. The van der Waals surface area contributed by atoms with Crippen LogP contribution < -0.4 is 5.73 Å². The molecule has 1 atom stereocenters. The van der Waals surface area contributed by atoms with Crippen molar-refractivity contribution >= 4 is 30.0 Å². The molecular formula is C10H10Cl2F3NO2. The molecule has 18 heavy (non-hydrogen) atoms. The summed E-state index contributed by atoms with van der Waals surface area (Å²) in [7, 11) is 1.03. The van der Waals surface area contributed by atoms with Crippen LogP contribution in [-0.4, -0.2) is 13.1 Å². The van der Waals surface area contributed by atoms with E-state index in [1.165, 1.54) is 6.07 Å². The van der Waals surface area contributed by atoms with Crippen molar-refractivity contribution in [3.8, 4) is 0 Å². The van der Waals surface area contributed by atoms with E-state index in [1.54, 1.807) is 0 Å². The molecule has 1 aromatic rings. The third-order valence-corrected chi connectivity index (χ3v) is 2.45. The van der Waals surface area contributed by atoms with Crippen molar-refractivity contribution in [1.82, 2.24) is 0 Å². The van der Waals surface area contributed by atoms with Gasteiger partial charge in [-0.1, -0.05) is 17.7 Å². The molecule has 0 amide bonds. The molecule has 0 bridgehead atoms. The van der Waals surface area contributed by atoms with Gasteiger partial charge in [-0.25, -0.2) is 0 Å². The second-order valence-electron chi connectivity index (χ2n) is 3.20. The molecule has 0 saturated carbocycles. The highest BCUT2D eigenvalue weighted by molar-refractivity contribution is 6.31. The summed E-state index contributed by atoms with van der Waals surface area (Å²) in [5.74, 6) is -0.983. The van der Waals surface area contributed by atoms with E-state index in [0.29, 0.717) is 0 Å². The fourth-order valence-corrected chi connectivity index (χ4v) is 1.64. The fraction of sp³-hybridized carbons (Fsp3) is 0.300. The number of rotatable bonds is 2. The van der Waals surface area contributed by atoms with Crippen molar-refractivity contribution in [2.75, 3.05) is 7.11 Å². The minimum absolute atomic E-state index is 0. The zero-order chi connectivity index (χ0) is 13.2. The third-order valence-electron chi connectivity index (χ3n) is 2.12. The normalized spacial score (nSPS) is 12.6. The molecule has 0 saturated heterocycles. The van der Waals surface area contributed by atoms with E-state index >= 15 is 0 Å². The average molecular weight is 304 g/mol. The molecule has 0 heterocycles. The van der Waals surface area contributed by atoms with Gasteiger partial charge in [-0.15, -0.1) is 12.4 Å². The number of methoxy groups -OCH3 is 1. The Labute approximate surface area is 112 Å². The van der Waals surface area contributed by atoms with Gasteiger partial charge < -0.3 is 10.5 Å². The van der Waals surface area contributed by atoms with E-state index in [0.717, 1.165) is 19.2 Å². The molecule has 0 spiro atoms. The van der Waals surface area contributed by atoms with Crippen LogP contribution in [0, 0.1) is 0 Å². The molecule has 0 fully saturated rings. The number of ether oxygens (including phenoxy) is 1. The lowest BCUT2D eigenvalue weighted by atomic mass is 10.0. The van der Waals surface area contributed by atoms with Gasteiger partial charge in [0, 0.05) is 10.6 Å². The second kappa shape index (κ2) is 6.26. The van der Waals surface area contributed by atoms with E-state index in [2.05, 4.69) is 4.74 Å². The number of benzene rings is 1. The molecule has 102 valence electrons. The molecule has 0 aromatic heterocycles. The highest BCUT2D eigenvalue weighted by Gasteiger charge is 2.37. The molecule has 3 nitrogen and oxygen atoms in total. The first-order valence-corrected chi connectivity index (χ1v) is 4.86. The Hall–Kier alpha value is -0.980. The standard InChI is InChI=1S/C10H9ClF3NO2.ClH/c1-17-9(16)8(15)7-5(10(12,13)14)3-2-4-6(7)11;/h2-4,8H,15H2,1H3;1H/t8-;/m0./s1. The predicted octanol–water partition coefficient (Wildman–Crippen LogP) is 2.95. The Kier molecular flexibility index (Phi) is 5.92. The van der Waals surface area contributed by atoms with Gasteiger partial charge in [-0.05, 0) is 12.1 Å². The maximum atomic E-state index is 12.7. The number of carbonyl (C=O) groups excluding carboxylic acids is 1. The zero-order valence-electron chi connectivity index (χ0n) is 9.12. The quantitative estimate of drug-likeness (QED) is 0.855. The smallest absolute Gasteiger partial charge is 0.416 e. The first-order chi connectivity index (χ1) is 7.79. The van der Waals surface area contributed by atoms with Gasteiger partial charge in [-0.3, -0.25) is 4.79 Å². The number of hydrogen-bond donors (Lipinski definition) is 1. The lowest BCUT2D eigenvalue weighted by molar-refractivity contribution is -0.144. The summed E-state index contributed by atoms with van der Waals surface area (Å²) in [6.07, 6.45) is -4.63. The van der Waals surface area contributed by atoms with Gasteiger partial charge in [0.25, 0.3) is 0 Å². The van der Waals surface area contributed by atoms with E-state index in [9.17, 15) is 18.0 Å². The van der Waals surface area contributed by atoms with Gasteiger partial charge in [0.15, 0.2) is 0 Å². The highest BCUT2D eigenvalue weighted by atomic mass is 35.5. The predicted molar refractivity (Wildman–Crippen MR) is 62.6 cm³/mol. The van der Waals surface area contributed by atoms with Gasteiger partial charge >= 0.3 is 12.1 Å². The number of hydrogen-bond acceptors (Lipinski definition) is 3. The van der Waals surface area contributed by atoms with E-state index in [1.807, 2.05) is 0 Å². The van der Waals surface area contributed by atoms with Crippen LogP contribution in [0.2, 0.25) is 5.02 Å². The summed E-state index contributed by atoms with van der Waals surface area (Å²) >= 11 is 5.64. The number of halogens is 5. The Balaban J connectivity index is 0.00000289. The van der Waals surface area contributed by atoms with Crippen LogP contribution in [0.3, 0.4) is 0 Å². The SMILES string of the molecule is COC(=O)[C@@H](N)c1c(Cl)cccc1C(F)(F)F.Cl. The average Bonchev–Trinajstić information content (AvgIpc) is 2.25. The van der Waals surface area contributed by atoms with Crippen LogP contribution in [-0.2, 0) is 15.7 Å². The van der Waals surface area contributed by atoms with Crippen molar-refractivity contribution in [2.24, 2.45) is 5.73 Å². The Bertz CT molecular complexity index is 438. The van der Waals surface area contributed by atoms with E-state index in [4.69, 9.17) is 17.3 Å². The largest absolute Gasteiger partial charge is 0.468 e. The highest BCUT2D eigenvalue weighted by Crippen LogP contribution is 2.37. The van der Waals surface area contributed by atoms with Crippen LogP contribution in [0.25, 0.3) is 0 Å². The summed E-state index contributed by atoms with van der Waals surface area (Å²) in [5.41, 5.74) is 3.87. The van der Waals surface area contributed by atoms with E-state index in [-0.39, 0.29) is 17.4 Å². The second-order valence-corrected chi connectivity index (χ2v) is 3.61. The van der Waals surface area contributed by atoms with Gasteiger partial charge in [0.1, 0.15) is 6.04 Å². The van der Waals surface area contributed by atoms with Crippen LogP contribution in [0.4, 0.5) is 13.2 Å². The molecule has 0 unspecified atom stereocenters. The maximum absolute atomic E-state index is 12.7. The molecule has 2 N–H and O–H groups in total. The summed E-state index contributed by atoms with van der Waals surface area (Å²) in [6, 6.07) is 1.61. The van der Waals surface area contributed by atoms with Crippen molar-refractivity contribution < 1.29 is 22.7 Å². The van der Waals surface area contributed by atoms with Gasteiger partial charge in [0.05, 0.1) is 12.7 Å². The number of carbonyl (C=O) groups is 1. The summed E-state index contributed by atoms with van der Waals surface area (Å²) < 4.78 is 42.4. The third kappa shape index (κ3) is 3.51. The number of alkyl halides is 3. The van der Waals surface area contributed by atoms with Crippen LogP contribution in [0.15, 0.2) is 18.2 Å². The van der Waals surface area contributed by atoms with Crippen molar-refractivity contribution in [3.05, 3.63) is 34.3 Å². The van der Waals surface area contributed by atoms with Gasteiger partial charge in [0.2, 0.25) is 0 Å². The first kappa shape index (κ1) is 17.0.